The van der Waals surface area contributed by atoms with Crippen molar-refractivity contribution in [2.45, 2.75) is 0 Å². The maximum atomic E-state index is 13.6. The van der Waals surface area contributed by atoms with Gasteiger partial charge in [0.2, 0.25) is 0 Å². The lowest BCUT2D eigenvalue weighted by molar-refractivity contribution is 0.0594. The number of carbonyl (C=O) groups excluding carboxylic acids is 1. The van der Waals surface area contributed by atoms with Crippen LogP contribution in [-0.2, 0) is 4.74 Å². The summed E-state index contributed by atoms with van der Waals surface area (Å²) in [7, 11) is 1.27. The van der Waals surface area contributed by atoms with Gasteiger partial charge < -0.3 is 15.8 Å². The lowest BCUT2D eigenvalue weighted by Crippen LogP contribution is -2.05. The number of methoxy groups -OCH3 is 1. The molecular formula is C13H12FN3O2. The van der Waals surface area contributed by atoms with Crippen LogP contribution in [0.5, 0.6) is 0 Å². The van der Waals surface area contributed by atoms with Crippen molar-refractivity contribution in [1.29, 1.82) is 0 Å². The maximum Gasteiger partial charge on any atom is 0.356 e. The third kappa shape index (κ3) is 2.79. The van der Waals surface area contributed by atoms with E-state index in [-0.39, 0.29) is 17.1 Å². The fourth-order valence-corrected chi connectivity index (χ4v) is 1.51. The number of nitrogens with two attached hydrogens (primary N) is 1. The first-order valence-electron chi connectivity index (χ1n) is 5.47. The van der Waals surface area contributed by atoms with Crippen LogP contribution in [-0.4, -0.2) is 18.1 Å². The van der Waals surface area contributed by atoms with Gasteiger partial charge in [-0.15, -0.1) is 0 Å². The first-order valence-corrected chi connectivity index (χ1v) is 5.47. The van der Waals surface area contributed by atoms with Crippen molar-refractivity contribution >= 4 is 23.0 Å². The molecular weight excluding hydrogens is 249 g/mol. The van der Waals surface area contributed by atoms with E-state index in [1.165, 1.54) is 31.5 Å². The predicted octanol–water partition coefficient (Wildman–Crippen LogP) is 2.33. The number of rotatable bonds is 3. The second kappa shape index (κ2) is 5.34. The summed E-state index contributed by atoms with van der Waals surface area (Å²) < 4.78 is 18.1. The van der Waals surface area contributed by atoms with E-state index >= 15 is 0 Å². The van der Waals surface area contributed by atoms with Crippen LogP contribution in [0.3, 0.4) is 0 Å². The number of halogens is 1. The van der Waals surface area contributed by atoms with Crippen LogP contribution in [0.15, 0.2) is 36.5 Å². The van der Waals surface area contributed by atoms with Gasteiger partial charge in [-0.25, -0.2) is 14.2 Å². The number of hydrogen-bond donors (Lipinski definition) is 2. The Morgan fingerprint density at radius 3 is 2.74 bits per heavy atom. The average molecular weight is 261 g/mol. The highest BCUT2D eigenvalue weighted by atomic mass is 19.1. The Morgan fingerprint density at radius 1 is 1.37 bits per heavy atom. The summed E-state index contributed by atoms with van der Waals surface area (Å²) in [5.74, 6) is -0.992. The van der Waals surface area contributed by atoms with Gasteiger partial charge in [-0.05, 0) is 24.3 Å². The molecule has 0 aliphatic rings. The van der Waals surface area contributed by atoms with Gasteiger partial charge in [-0.3, -0.25) is 0 Å². The SMILES string of the molecule is COC(=O)c1ccc(Nc2c(N)cccc2F)cn1. The molecule has 0 aliphatic heterocycles. The van der Waals surface area contributed by atoms with Gasteiger partial charge in [-0.1, -0.05) is 6.07 Å². The van der Waals surface area contributed by atoms with Crippen LogP contribution in [0, 0.1) is 5.82 Å². The maximum absolute atomic E-state index is 13.6. The second-order valence-electron chi connectivity index (χ2n) is 3.75. The van der Waals surface area contributed by atoms with E-state index in [0.717, 1.165) is 0 Å². The number of pyridine rings is 1. The van der Waals surface area contributed by atoms with Crippen LogP contribution in [0.25, 0.3) is 0 Å². The van der Waals surface area contributed by atoms with Crippen molar-refractivity contribution < 1.29 is 13.9 Å². The lowest BCUT2D eigenvalue weighted by Gasteiger charge is -2.10. The zero-order valence-electron chi connectivity index (χ0n) is 10.2. The highest BCUT2D eigenvalue weighted by Gasteiger charge is 2.09. The summed E-state index contributed by atoms with van der Waals surface area (Å²) in [6.07, 6.45) is 1.40. The van der Waals surface area contributed by atoms with Crippen LogP contribution >= 0.6 is 0 Å². The summed E-state index contributed by atoms with van der Waals surface area (Å²) in [5, 5.41) is 2.81. The monoisotopic (exact) mass is 261 g/mol. The standard InChI is InChI=1S/C13H12FN3O2/c1-19-13(18)11-6-5-8(7-16-11)17-12-9(14)3-2-4-10(12)15/h2-7,17H,15H2,1H3. The third-order valence-corrected chi connectivity index (χ3v) is 2.47. The van der Waals surface area contributed by atoms with E-state index in [1.807, 2.05) is 0 Å². The molecule has 0 fully saturated rings. The summed E-state index contributed by atoms with van der Waals surface area (Å²) in [4.78, 5) is 15.1. The Kier molecular flexibility index (Phi) is 3.61. The molecule has 6 heteroatoms. The molecule has 2 aromatic rings. The number of hydrogen-bond acceptors (Lipinski definition) is 5. The molecule has 0 saturated carbocycles. The lowest BCUT2D eigenvalue weighted by atomic mass is 10.2. The molecule has 0 bridgehead atoms. The molecule has 0 saturated heterocycles. The molecule has 0 radical (unpaired) electrons. The number of nitrogens with one attached hydrogen (secondary N) is 1. The van der Waals surface area contributed by atoms with Crippen molar-refractivity contribution in [3.8, 4) is 0 Å². The molecule has 1 aromatic carbocycles. The van der Waals surface area contributed by atoms with Gasteiger partial charge in [-0.2, -0.15) is 0 Å². The highest BCUT2D eigenvalue weighted by Crippen LogP contribution is 2.25. The molecule has 0 amide bonds. The number of esters is 1. The van der Waals surface area contributed by atoms with Crippen molar-refractivity contribution in [2.24, 2.45) is 0 Å². The van der Waals surface area contributed by atoms with Crippen molar-refractivity contribution in [3.63, 3.8) is 0 Å². The number of carbonyl (C=O) groups is 1. The molecule has 2 rings (SSSR count). The zero-order chi connectivity index (χ0) is 13.8. The van der Waals surface area contributed by atoms with Gasteiger partial charge in [0.1, 0.15) is 11.5 Å². The number of ether oxygens (including phenoxy) is 1. The fourth-order valence-electron chi connectivity index (χ4n) is 1.51. The van der Waals surface area contributed by atoms with Crippen LogP contribution in [0.2, 0.25) is 0 Å². The number of nitrogens with zero attached hydrogens (tertiary/aromatic N) is 1. The third-order valence-electron chi connectivity index (χ3n) is 2.47. The van der Waals surface area contributed by atoms with Gasteiger partial charge >= 0.3 is 5.97 Å². The number of para-hydroxylation sites is 1. The van der Waals surface area contributed by atoms with Crippen LogP contribution in [0.4, 0.5) is 21.5 Å². The van der Waals surface area contributed by atoms with Crippen molar-refractivity contribution in [1.82, 2.24) is 4.98 Å². The Labute approximate surface area is 109 Å². The Balaban J connectivity index is 2.22. The van der Waals surface area contributed by atoms with E-state index in [9.17, 15) is 9.18 Å². The first-order chi connectivity index (χ1) is 9.11. The largest absolute Gasteiger partial charge is 0.464 e. The van der Waals surface area contributed by atoms with E-state index < -0.39 is 11.8 Å². The Bertz CT molecular complexity index is 579. The molecule has 0 aliphatic carbocycles. The molecule has 1 aromatic heterocycles. The molecule has 0 atom stereocenters. The smallest absolute Gasteiger partial charge is 0.356 e. The summed E-state index contributed by atoms with van der Waals surface area (Å²) in [5.41, 5.74) is 6.83. The molecule has 1 heterocycles. The summed E-state index contributed by atoms with van der Waals surface area (Å²) >= 11 is 0. The van der Waals surface area contributed by atoms with Gasteiger partial charge in [0.25, 0.3) is 0 Å². The Morgan fingerprint density at radius 2 is 2.16 bits per heavy atom. The zero-order valence-corrected chi connectivity index (χ0v) is 10.2. The molecule has 0 unspecified atom stereocenters. The van der Waals surface area contributed by atoms with E-state index in [0.29, 0.717) is 5.69 Å². The van der Waals surface area contributed by atoms with Gasteiger partial charge in [0.15, 0.2) is 0 Å². The van der Waals surface area contributed by atoms with Gasteiger partial charge in [0.05, 0.1) is 30.4 Å². The normalized spacial score (nSPS) is 10.0. The minimum atomic E-state index is -0.531. The molecule has 5 nitrogen and oxygen atoms in total. The summed E-state index contributed by atoms with van der Waals surface area (Å²) in [6.45, 7) is 0. The van der Waals surface area contributed by atoms with Crippen molar-refractivity contribution in [2.75, 3.05) is 18.2 Å². The molecule has 98 valence electrons. The minimum absolute atomic E-state index is 0.176. The van der Waals surface area contributed by atoms with E-state index in [2.05, 4.69) is 15.0 Å². The number of nitrogen functional groups attached to an aromatic ring is 1. The average Bonchev–Trinajstić information content (AvgIpc) is 2.43. The van der Waals surface area contributed by atoms with Crippen LogP contribution in [0.1, 0.15) is 10.5 Å². The topological polar surface area (TPSA) is 77.2 Å². The van der Waals surface area contributed by atoms with Crippen LogP contribution < -0.4 is 11.1 Å². The molecule has 0 spiro atoms. The van der Waals surface area contributed by atoms with E-state index in [1.54, 1.807) is 12.1 Å². The summed E-state index contributed by atoms with van der Waals surface area (Å²) in [6, 6.07) is 7.47. The van der Waals surface area contributed by atoms with E-state index in [4.69, 9.17) is 5.73 Å². The number of anilines is 3. The number of benzene rings is 1. The quantitative estimate of drug-likeness (QED) is 0.655. The molecule has 3 N–H and O–H groups in total. The Hall–Kier alpha value is -2.63. The molecule has 19 heavy (non-hydrogen) atoms. The fraction of sp³-hybridized carbons (Fsp3) is 0.0769. The number of aromatic nitrogens is 1. The minimum Gasteiger partial charge on any atom is -0.464 e. The first kappa shape index (κ1) is 12.8. The predicted molar refractivity (Wildman–Crippen MR) is 69.7 cm³/mol. The van der Waals surface area contributed by atoms with Crippen molar-refractivity contribution in [3.05, 3.63) is 48.0 Å². The second-order valence-corrected chi connectivity index (χ2v) is 3.75. The van der Waals surface area contributed by atoms with Gasteiger partial charge in [0, 0.05) is 0 Å². The highest BCUT2D eigenvalue weighted by molar-refractivity contribution is 5.87.